The van der Waals surface area contributed by atoms with E-state index in [-0.39, 0.29) is 23.2 Å². The van der Waals surface area contributed by atoms with Crippen molar-refractivity contribution in [3.63, 3.8) is 0 Å². The number of hydrogen-bond acceptors (Lipinski definition) is 5. The van der Waals surface area contributed by atoms with Gasteiger partial charge in [0, 0.05) is 6.20 Å². The number of nitrogens with zero attached hydrogens (tertiary/aromatic N) is 1. The molecule has 1 rings (SSSR count). The van der Waals surface area contributed by atoms with Crippen LogP contribution in [0.25, 0.3) is 0 Å². The van der Waals surface area contributed by atoms with E-state index in [9.17, 15) is 4.79 Å². The Kier molecular flexibility index (Phi) is 3.49. The quantitative estimate of drug-likeness (QED) is 0.759. The first-order chi connectivity index (χ1) is 7.06. The SMILES string of the molecule is COC(=O)c1ccnc(OC(C)C)c1N. The highest BCUT2D eigenvalue weighted by atomic mass is 16.5. The van der Waals surface area contributed by atoms with Gasteiger partial charge in [0.05, 0.1) is 18.8 Å². The Morgan fingerprint density at radius 2 is 2.20 bits per heavy atom. The fourth-order valence-electron chi connectivity index (χ4n) is 1.06. The zero-order valence-corrected chi connectivity index (χ0v) is 8.98. The van der Waals surface area contributed by atoms with Crippen LogP contribution in [-0.4, -0.2) is 24.2 Å². The Labute approximate surface area is 88.2 Å². The maximum Gasteiger partial charge on any atom is 0.340 e. The Morgan fingerprint density at radius 1 is 1.53 bits per heavy atom. The van der Waals surface area contributed by atoms with Crippen molar-refractivity contribution in [1.82, 2.24) is 4.98 Å². The predicted molar refractivity (Wildman–Crippen MR) is 55.8 cm³/mol. The normalized spacial score (nSPS) is 10.1. The number of anilines is 1. The number of carbonyl (C=O) groups excluding carboxylic acids is 1. The Balaban J connectivity index is 3.05. The highest BCUT2D eigenvalue weighted by Gasteiger charge is 2.15. The van der Waals surface area contributed by atoms with Crippen LogP contribution in [0, 0.1) is 0 Å². The zero-order chi connectivity index (χ0) is 11.4. The maximum atomic E-state index is 11.3. The van der Waals surface area contributed by atoms with Crippen LogP contribution in [0.3, 0.4) is 0 Å². The van der Waals surface area contributed by atoms with Crippen LogP contribution in [0.2, 0.25) is 0 Å². The summed E-state index contributed by atoms with van der Waals surface area (Å²) in [6.45, 7) is 3.71. The van der Waals surface area contributed by atoms with Gasteiger partial charge in [-0.05, 0) is 19.9 Å². The van der Waals surface area contributed by atoms with Gasteiger partial charge in [-0.3, -0.25) is 0 Å². The average Bonchev–Trinajstić information content (AvgIpc) is 2.19. The van der Waals surface area contributed by atoms with Gasteiger partial charge in [-0.15, -0.1) is 0 Å². The lowest BCUT2D eigenvalue weighted by Gasteiger charge is -2.12. The summed E-state index contributed by atoms with van der Waals surface area (Å²) < 4.78 is 9.91. The van der Waals surface area contributed by atoms with Crippen molar-refractivity contribution < 1.29 is 14.3 Å². The fourth-order valence-corrected chi connectivity index (χ4v) is 1.06. The molecule has 0 amide bonds. The summed E-state index contributed by atoms with van der Waals surface area (Å²) in [5.74, 6) is -0.239. The first-order valence-corrected chi connectivity index (χ1v) is 4.55. The lowest BCUT2D eigenvalue weighted by molar-refractivity contribution is 0.0601. The third-order valence-corrected chi connectivity index (χ3v) is 1.71. The van der Waals surface area contributed by atoms with E-state index in [1.165, 1.54) is 19.4 Å². The van der Waals surface area contributed by atoms with Crippen molar-refractivity contribution in [2.45, 2.75) is 20.0 Å². The van der Waals surface area contributed by atoms with Gasteiger partial charge in [0.25, 0.3) is 0 Å². The molecule has 0 unspecified atom stereocenters. The summed E-state index contributed by atoms with van der Waals surface area (Å²) in [5.41, 5.74) is 6.19. The molecule has 0 aliphatic carbocycles. The van der Waals surface area contributed by atoms with Crippen molar-refractivity contribution in [1.29, 1.82) is 0 Å². The molecule has 0 saturated heterocycles. The minimum absolute atomic E-state index is 0.0484. The smallest absolute Gasteiger partial charge is 0.340 e. The van der Waals surface area contributed by atoms with Gasteiger partial charge in [0.2, 0.25) is 5.88 Å². The molecule has 5 heteroatoms. The highest BCUT2D eigenvalue weighted by molar-refractivity contribution is 5.95. The first-order valence-electron chi connectivity index (χ1n) is 4.55. The molecule has 0 saturated carbocycles. The van der Waals surface area contributed by atoms with Gasteiger partial charge in [0.1, 0.15) is 5.69 Å². The number of nitrogens with two attached hydrogens (primary N) is 1. The summed E-state index contributed by atoms with van der Waals surface area (Å²) in [7, 11) is 1.30. The molecule has 0 aromatic carbocycles. The van der Waals surface area contributed by atoms with E-state index >= 15 is 0 Å². The van der Waals surface area contributed by atoms with Crippen molar-refractivity contribution in [3.05, 3.63) is 17.8 Å². The second-order valence-corrected chi connectivity index (χ2v) is 3.24. The third kappa shape index (κ3) is 2.59. The molecule has 0 atom stereocenters. The van der Waals surface area contributed by atoms with Crippen molar-refractivity contribution in [2.24, 2.45) is 0 Å². The van der Waals surface area contributed by atoms with E-state index in [0.29, 0.717) is 0 Å². The molecule has 0 aliphatic heterocycles. The summed E-state index contributed by atoms with van der Waals surface area (Å²) >= 11 is 0. The molecule has 0 radical (unpaired) electrons. The maximum absolute atomic E-state index is 11.3. The molecular weight excluding hydrogens is 196 g/mol. The fraction of sp³-hybridized carbons (Fsp3) is 0.400. The summed E-state index contributed by atoms with van der Waals surface area (Å²) in [6.07, 6.45) is 1.41. The van der Waals surface area contributed by atoms with Crippen LogP contribution in [0.4, 0.5) is 5.69 Å². The van der Waals surface area contributed by atoms with Gasteiger partial charge >= 0.3 is 5.97 Å². The third-order valence-electron chi connectivity index (χ3n) is 1.71. The van der Waals surface area contributed by atoms with Crippen LogP contribution in [-0.2, 0) is 4.74 Å². The van der Waals surface area contributed by atoms with Crippen molar-refractivity contribution in [3.8, 4) is 5.88 Å². The van der Waals surface area contributed by atoms with Gasteiger partial charge in [-0.2, -0.15) is 0 Å². The van der Waals surface area contributed by atoms with Gasteiger partial charge in [0.15, 0.2) is 0 Å². The molecule has 0 fully saturated rings. The van der Waals surface area contributed by atoms with Crippen LogP contribution in [0.5, 0.6) is 5.88 Å². The molecule has 0 bridgehead atoms. The second kappa shape index (κ2) is 4.63. The summed E-state index contributed by atoms with van der Waals surface area (Å²) in [5, 5.41) is 0. The number of ether oxygens (including phenoxy) is 2. The topological polar surface area (TPSA) is 74.4 Å². The number of rotatable bonds is 3. The van der Waals surface area contributed by atoms with E-state index < -0.39 is 5.97 Å². The van der Waals surface area contributed by atoms with E-state index in [1.54, 1.807) is 0 Å². The largest absolute Gasteiger partial charge is 0.473 e. The molecule has 1 aromatic heterocycles. The monoisotopic (exact) mass is 210 g/mol. The Morgan fingerprint density at radius 3 is 2.73 bits per heavy atom. The lowest BCUT2D eigenvalue weighted by atomic mass is 10.2. The minimum atomic E-state index is -0.497. The highest BCUT2D eigenvalue weighted by Crippen LogP contribution is 2.23. The predicted octanol–water partition coefficient (Wildman–Crippen LogP) is 1.24. The van der Waals surface area contributed by atoms with Crippen LogP contribution < -0.4 is 10.5 Å². The molecule has 1 heterocycles. The number of methoxy groups -OCH3 is 1. The van der Waals surface area contributed by atoms with E-state index in [0.717, 1.165) is 0 Å². The molecule has 0 spiro atoms. The molecule has 0 aliphatic rings. The molecule has 82 valence electrons. The van der Waals surface area contributed by atoms with E-state index in [2.05, 4.69) is 9.72 Å². The molecule has 1 aromatic rings. The van der Waals surface area contributed by atoms with Crippen LogP contribution in [0.1, 0.15) is 24.2 Å². The van der Waals surface area contributed by atoms with E-state index in [1.807, 2.05) is 13.8 Å². The number of carbonyl (C=O) groups is 1. The zero-order valence-electron chi connectivity index (χ0n) is 8.98. The molecular formula is C10H14N2O3. The first kappa shape index (κ1) is 11.3. The average molecular weight is 210 g/mol. The van der Waals surface area contributed by atoms with Gasteiger partial charge < -0.3 is 15.2 Å². The molecule has 5 nitrogen and oxygen atoms in total. The van der Waals surface area contributed by atoms with Crippen molar-refractivity contribution >= 4 is 11.7 Å². The lowest BCUT2D eigenvalue weighted by Crippen LogP contribution is -2.12. The molecule has 2 N–H and O–H groups in total. The van der Waals surface area contributed by atoms with Gasteiger partial charge in [-0.25, -0.2) is 9.78 Å². The van der Waals surface area contributed by atoms with E-state index in [4.69, 9.17) is 10.5 Å². The standard InChI is InChI=1S/C10H14N2O3/c1-6(2)15-9-8(11)7(4-5-12-9)10(13)14-3/h4-6H,11H2,1-3H3. The van der Waals surface area contributed by atoms with Crippen LogP contribution >= 0.6 is 0 Å². The second-order valence-electron chi connectivity index (χ2n) is 3.24. The van der Waals surface area contributed by atoms with Crippen LogP contribution in [0.15, 0.2) is 12.3 Å². The van der Waals surface area contributed by atoms with Gasteiger partial charge in [-0.1, -0.05) is 0 Å². The number of nitrogen functional groups attached to an aromatic ring is 1. The van der Waals surface area contributed by atoms with Crippen molar-refractivity contribution in [2.75, 3.05) is 12.8 Å². The number of esters is 1. The Bertz CT molecular complexity index is 364. The molecule has 15 heavy (non-hydrogen) atoms. The summed E-state index contributed by atoms with van der Waals surface area (Å²) in [6, 6.07) is 1.49. The minimum Gasteiger partial charge on any atom is -0.473 e. The number of pyridine rings is 1. The Hall–Kier alpha value is -1.78. The number of aromatic nitrogens is 1. The number of hydrogen-bond donors (Lipinski definition) is 1. The summed E-state index contributed by atoms with van der Waals surface area (Å²) in [4.78, 5) is 15.2.